The summed E-state index contributed by atoms with van der Waals surface area (Å²) in [6.07, 6.45) is 1.71. The standard InChI is InChI=1S/C28H26N2O4/c1-20-5-7-22(8-6-20)19-30(28(32)26-4-3-17-34-26)24-13-9-21(10-14-24)18-27(31)29-23-11-15-25(33-2)16-12-23/h3-17H,18-19H2,1-2H3,(H,29,31). The van der Waals surface area contributed by atoms with Crippen LogP contribution in [0.2, 0.25) is 0 Å². The van der Waals surface area contributed by atoms with E-state index in [9.17, 15) is 9.59 Å². The highest BCUT2D eigenvalue weighted by atomic mass is 16.5. The van der Waals surface area contributed by atoms with Crippen LogP contribution in [0.1, 0.15) is 27.2 Å². The highest BCUT2D eigenvalue weighted by molar-refractivity contribution is 6.04. The van der Waals surface area contributed by atoms with Crippen LogP contribution in [0.5, 0.6) is 5.75 Å². The van der Waals surface area contributed by atoms with Gasteiger partial charge in [-0.25, -0.2) is 0 Å². The highest BCUT2D eigenvalue weighted by Gasteiger charge is 2.20. The molecular weight excluding hydrogens is 428 g/mol. The fourth-order valence-electron chi connectivity index (χ4n) is 3.55. The van der Waals surface area contributed by atoms with Crippen LogP contribution in [-0.2, 0) is 17.8 Å². The number of methoxy groups -OCH3 is 1. The van der Waals surface area contributed by atoms with Crippen molar-refractivity contribution in [1.82, 2.24) is 0 Å². The molecule has 0 unspecified atom stereocenters. The van der Waals surface area contributed by atoms with Gasteiger partial charge in [0.25, 0.3) is 5.91 Å². The largest absolute Gasteiger partial charge is 0.497 e. The summed E-state index contributed by atoms with van der Waals surface area (Å²) in [5, 5.41) is 2.88. The van der Waals surface area contributed by atoms with E-state index in [1.165, 1.54) is 6.26 Å². The van der Waals surface area contributed by atoms with Gasteiger partial charge in [0.2, 0.25) is 5.91 Å². The van der Waals surface area contributed by atoms with E-state index in [0.29, 0.717) is 12.2 Å². The van der Waals surface area contributed by atoms with E-state index >= 15 is 0 Å². The molecule has 0 atom stereocenters. The second kappa shape index (κ2) is 10.5. The summed E-state index contributed by atoms with van der Waals surface area (Å²) in [4.78, 5) is 27.3. The molecule has 34 heavy (non-hydrogen) atoms. The second-order valence-electron chi connectivity index (χ2n) is 7.97. The molecule has 4 rings (SSSR count). The van der Waals surface area contributed by atoms with Crippen molar-refractivity contribution in [2.24, 2.45) is 0 Å². The molecule has 0 saturated heterocycles. The summed E-state index contributed by atoms with van der Waals surface area (Å²) in [5.74, 6) is 0.652. The Labute approximate surface area is 198 Å². The summed E-state index contributed by atoms with van der Waals surface area (Å²) in [7, 11) is 1.60. The maximum absolute atomic E-state index is 13.1. The lowest BCUT2D eigenvalue weighted by Gasteiger charge is -2.22. The van der Waals surface area contributed by atoms with Crippen molar-refractivity contribution in [3.05, 3.63) is 114 Å². The predicted octanol–water partition coefficient (Wildman–Crippen LogP) is 5.62. The number of furan rings is 1. The van der Waals surface area contributed by atoms with Gasteiger partial charge in [-0.3, -0.25) is 9.59 Å². The molecule has 1 heterocycles. The Morgan fingerprint density at radius 2 is 1.56 bits per heavy atom. The van der Waals surface area contributed by atoms with Gasteiger partial charge in [0.05, 0.1) is 26.3 Å². The first-order valence-electron chi connectivity index (χ1n) is 11.0. The number of carbonyl (C=O) groups is 2. The lowest BCUT2D eigenvalue weighted by atomic mass is 10.1. The van der Waals surface area contributed by atoms with E-state index in [1.807, 2.05) is 55.5 Å². The first kappa shape index (κ1) is 22.9. The van der Waals surface area contributed by atoms with Crippen molar-refractivity contribution in [2.45, 2.75) is 19.9 Å². The average molecular weight is 455 g/mol. The van der Waals surface area contributed by atoms with Gasteiger partial charge in [-0.1, -0.05) is 42.0 Å². The van der Waals surface area contributed by atoms with Crippen LogP contribution in [0.25, 0.3) is 0 Å². The minimum atomic E-state index is -0.226. The molecule has 0 radical (unpaired) electrons. The summed E-state index contributed by atoms with van der Waals surface area (Å²) in [6.45, 7) is 2.43. The van der Waals surface area contributed by atoms with Gasteiger partial charge in [-0.15, -0.1) is 0 Å². The molecule has 172 valence electrons. The van der Waals surface area contributed by atoms with Crippen LogP contribution in [0.3, 0.4) is 0 Å². The number of nitrogens with one attached hydrogen (secondary N) is 1. The normalized spacial score (nSPS) is 10.5. The van der Waals surface area contributed by atoms with Crippen molar-refractivity contribution >= 4 is 23.2 Å². The van der Waals surface area contributed by atoms with Crippen LogP contribution in [0.4, 0.5) is 11.4 Å². The number of aryl methyl sites for hydroxylation is 1. The molecule has 0 bridgehead atoms. The summed E-state index contributed by atoms with van der Waals surface area (Å²) >= 11 is 0. The van der Waals surface area contributed by atoms with Gasteiger partial charge in [0, 0.05) is 11.4 Å². The third-order valence-corrected chi connectivity index (χ3v) is 5.42. The van der Waals surface area contributed by atoms with E-state index in [0.717, 1.165) is 28.1 Å². The maximum Gasteiger partial charge on any atom is 0.294 e. The van der Waals surface area contributed by atoms with Crippen LogP contribution < -0.4 is 15.0 Å². The van der Waals surface area contributed by atoms with E-state index in [2.05, 4.69) is 5.32 Å². The predicted molar refractivity (Wildman–Crippen MR) is 132 cm³/mol. The zero-order chi connectivity index (χ0) is 23.9. The Morgan fingerprint density at radius 1 is 0.882 bits per heavy atom. The topological polar surface area (TPSA) is 71.8 Å². The molecule has 0 aliphatic rings. The van der Waals surface area contributed by atoms with E-state index in [1.54, 1.807) is 48.4 Å². The summed E-state index contributed by atoms with van der Waals surface area (Å²) in [6, 6.07) is 26.0. The number of amides is 2. The number of rotatable bonds is 8. The maximum atomic E-state index is 13.1. The molecular formula is C28H26N2O4. The quantitative estimate of drug-likeness (QED) is 0.375. The summed E-state index contributed by atoms with van der Waals surface area (Å²) in [5.41, 5.74) is 4.44. The molecule has 0 aliphatic heterocycles. The van der Waals surface area contributed by atoms with Crippen LogP contribution >= 0.6 is 0 Å². The minimum Gasteiger partial charge on any atom is -0.497 e. The molecule has 2 amide bonds. The Balaban J connectivity index is 1.48. The van der Waals surface area contributed by atoms with E-state index in [4.69, 9.17) is 9.15 Å². The molecule has 0 aliphatic carbocycles. The molecule has 4 aromatic rings. The monoisotopic (exact) mass is 454 g/mol. The lowest BCUT2D eigenvalue weighted by Crippen LogP contribution is -2.30. The highest BCUT2D eigenvalue weighted by Crippen LogP contribution is 2.22. The van der Waals surface area contributed by atoms with Gasteiger partial charge >= 0.3 is 0 Å². The van der Waals surface area contributed by atoms with Crippen LogP contribution in [0, 0.1) is 6.92 Å². The number of hydrogen-bond acceptors (Lipinski definition) is 4. The SMILES string of the molecule is COc1ccc(NC(=O)Cc2ccc(N(Cc3ccc(C)cc3)C(=O)c3ccco3)cc2)cc1. The molecule has 6 heteroatoms. The fourth-order valence-corrected chi connectivity index (χ4v) is 3.55. The Bertz CT molecular complexity index is 1230. The van der Waals surface area contributed by atoms with Gasteiger partial charge in [0.15, 0.2) is 5.76 Å². The number of carbonyl (C=O) groups excluding carboxylic acids is 2. The zero-order valence-electron chi connectivity index (χ0n) is 19.2. The van der Waals surface area contributed by atoms with Crippen molar-refractivity contribution in [1.29, 1.82) is 0 Å². The molecule has 0 spiro atoms. The number of benzene rings is 3. The van der Waals surface area contributed by atoms with Crippen molar-refractivity contribution in [3.8, 4) is 5.75 Å². The molecule has 0 fully saturated rings. The van der Waals surface area contributed by atoms with Crippen molar-refractivity contribution in [3.63, 3.8) is 0 Å². The van der Waals surface area contributed by atoms with Gasteiger partial charge in [0.1, 0.15) is 5.75 Å². The van der Waals surface area contributed by atoms with Crippen molar-refractivity contribution < 1.29 is 18.7 Å². The number of nitrogens with zero attached hydrogens (tertiary/aromatic N) is 1. The van der Waals surface area contributed by atoms with Gasteiger partial charge in [-0.05, 0) is 66.6 Å². The van der Waals surface area contributed by atoms with Crippen LogP contribution in [-0.4, -0.2) is 18.9 Å². The molecule has 0 saturated carbocycles. The van der Waals surface area contributed by atoms with E-state index < -0.39 is 0 Å². The Kier molecular flexibility index (Phi) is 7.08. The minimum absolute atomic E-state index is 0.124. The molecule has 6 nitrogen and oxygen atoms in total. The third kappa shape index (κ3) is 5.72. The first-order valence-corrected chi connectivity index (χ1v) is 11.0. The van der Waals surface area contributed by atoms with Gasteiger partial charge in [-0.2, -0.15) is 0 Å². The van der Waals surface area contributed by atoms with E-state index in [-0.39, 0.29) is 24.0 Å². The average Bonchev–Trinajstić information content (AvgIpc) is 3.39. The fraction of sp³-hybridized carbons (Fsp3) is 0.143. The second-order valence-corrected chi connectivity index (χ2v) is 7.97. The number of anilines is 2. The molecule has 1 aromatic heterocycles. The summed E-state index contributed by atoms with van der Waals surface area (Å²) < 4.78 is 10.5. The lowest BCUT2D eigenvalue weighted by molar-refractivity contribution is -0.115. The first-order chi connectivity index (χ1) is 16.5. The molecule has 3 aromatic carbocycles. The van der Waals surface area contributed by atoms with Crippen LogP contribution in [0.15, 0.2) is 95.6 Å². The number of ether oxygens (including phenoxy) is 1. The zero-order valence-corrected chi connectivity index (χ0v) is 19.2. The Hall–Kier alpha value is -4.32. The number of hydrogen-bond donors (Lipinski definition) is 1. The van der Waals surface area contributed by atoms with Gasteiger partial charge < -0.3 is 19.4 Å². The van der Waals surface area contributed by atoms with Crippen molar-refractivity contribution in [2.75, 3.05) is 17.3 Å². The Morgan fingerprint density at radius 3 is 2.18 bits per heavy atom. The third-order valence-electron chi connectivity index (χ3n) is 5.42. The molecule has 1 N–H and O–H groups in total. The smallest absolute Gasteiger partial charge is 0.294 e.